The average molecular weight is 348 g/mol. The second-order valence-corrected chi connectivity index (χ2v) is 6.05. The van der Waals surface area contributed by atoms with Crippen molar-refractivity contribution < 1.29 is 15.2 Å². The number of aryl methyl sites for hydroxylation is 2. The number of rotatable bonds is 4. The molecule has 4 aromatic rings. The quantitative estimate of drug-likeness (QED) is 0.388. The van der Waals surface area contributed by atoms with Crippen LogP contribution < -0.4 is 5.48 Å². The minimum atomic E-state index is 0.572. The summed E-state index contributed by atoms with van der Waals surface area (Å²) in [4.78, 5) is 4.38. The number of nitrogens with two attached hydrogens (primary N) is 1. The van der Waals surface area contributed by atoms with E-state index in [1.165, 1.54) is 0 Å². The number of nitrogens with zero attached hydrogens (tertiary/aromatic N) is 3. The molecule has 0 bridgehead atoms. The number of hydrogen-bond donors (Lipinski definition) is 3. The Hall–Kier alpha value is -3.29. The van der Waals surface area contributed by atoms with E-state index in [-0.39, 0.29) is 0 Å². The molecule has 7 nitrogen and oxygen atoms in total. The Bertz CT molecular complexity index is 1050. The molecule has 4 N–H and O–H groups in total. The third kappa shape index (κ3) is 2.90. The fraction of sp³-hybridized carbons (Fsp3) is 0.105. The zero-order chi connectivity index (χ0) is 18.1. The van der Waals surface area contributed by atoms with Gasteiger partial charge in [-0.1, -0.05) is 35.5 Å². The van der Waals surface area contributed by atoms with Crippen LogP contribution in [-0.2, 0) is 0 Å². The Morgan fingerprint density at radius 2 is 1.77 bits per heavy atom. The number of nitrogens with one attached hydrogen (secondary N) is 1. The molecule has 26 heavy (non-hydrogen) atoms. The molecule has 0 saturated heterocycles. The lowest BCUT2D eigenvalue weighted by atomic mass is 9.97. The maximum absolute atomic E-state index is 9.58. The lowest BCUT2D eigenvalue weighted by Gasteiger charge is -2.06. The summed E-state index contributed by atoms with van der Waals surface area (Å²) in [5.74, 6) is 2.00. The molecule has 130 valence electrons. The molecule has 0 amide bonds. The largest absolute Gasteiger partial charge is 0.360 e. The standard InChI is InChI=1S/C19H17N5O2/c1-11-17(18(24-26-11)13-6-4-3-5-7-13)14-8-15(10-16(9-14)23-25)19-20-12(2)21-22-19/h3-10,23,25H,1-2H3,(H,20,21,22)/p+1. The molecule has 0 unspecified atom stereocenters. The maximum Gasteiger partial charge on any atom is 0.181 e. The highest BCUT2D eigenvalue weighted by atomic mass is 16.5. The summed E-state index contributed by atoms with van der Waals surface area (Å²) >= 11 is 0. The average Bonchev–Trinajstić information content (AvgIpc) is 3.28. The number of aromatic amines is 1. The molecule has 0 spiro atoms. The summed E-state index contributed by atoms with van der Waals surface area (Å²) < 4.78 is 5.47. The first-order valence-corrected chi connectivity index (χ1v) is 8.19. The molecule has 0 atom stereocenters. The Kier molecular flexibility index (Phi) is 4.08. The zero-order valence-electron chi connectivity index (χ0n) is 14.4. The van der Waals surface area contributed by atoms with Gasteiger partial charge in [-0.15, -0.1) is 0 Å². The fourth-order valence-corrected chi connectivity index (χ4v) is 2.98. The molecule has 4 rings (SSSR count). The predicted molar refractivity (Wildman–Crippen MR) is 95.6 cm³/mol. The van der Waals surface area contributed by atoms with Gasteiger partial charge < -0.3 is 4.52 Å². The van der Waals surface area contributed by atoms with Crippen LogP contribution in [0.1, 0.15) is 11.6 Å². The molecule has 0 aliphatic carbocycles. The van der Waals surface area contributed by atoms with E-state index in [0.29, 0.717) is 17.3 Å². The van der Waals surface area contributed by atoms with Gasteiger partial charge in [0, 0.05) is 23.3 Å². The molecule has 2 aromatic heterocycles. The van der Waals surface area contributed by atoms with Gasteiger partial charge in [0.25, 0.3) is 0 Å². The van der Waals surface area contributed by atoms with E-state index in [4.69, 9.17) is 4.52 Å². The van der Waals surface area contributed by atoms with Gasteiger partial charge in [0.2, 0.25) is 0 Å². The zero-order valence-corrected chi connectivity index (χ0v) is 14.4. The van der Waals surface area contributed by atoms with Crippen LogP contribution in [0.4, 0.5) is 5.69 Å². The number of hydrogen-bond acceptors (Lipinski definition) is 5. The normalized spacial score (nSPS) is 11.0. The molecule has 0 aliphatic heterocycles. The third-order valence-corrected chi connectivity index (χ3v) is 4.16. The molecule has 0 fully saturated rings. The van der Waals surface area contributed by atoms with E-state index in [1.807, 2.05) is 62.4 Å². The van der Waals surface area contributed by atoms with Crippen LogP contribution >= 0.6 is 0 Å². The van der Waals surface area contributed by atoms with Gasteiger partial charge in [0.1, 0.15) is 17.3 Å². The summed E-state index contributed by atoms with van der Waals surface area (Å²) in [6.45, 7) is 3.72. The lowest BCUT2D eigenvalue weighted by molar-refractivity contribution is -0.825. The first-order chi connectivity index (χ1) is 12.7. The van der Waals surface area contributed by atoms with Crippen molar-refractivity contribution in [2.75, 3.05) is 0 Å². The number of quaternary nitrogens is 1. The van der Waals surface area contributed by atoms with Crippen molar-refractivity contribution in [3.05, 3.63) is 60.1 Å². The number of aromatic nitrogens is 4. The minimum absolute atomic E-state index is 0.572. The van der Waals surface area contributed by atoms with Crippen molar-refractivity contribution in [3.63, 3.8) is 0 Å². The van der Waals surface area contributed by atoms with Crippen LogP contribution in [0.25, 0.3) is 33.8 Å². The van der Waals surface area contributed by atoms with Crippen LogP contribution in [-0.4, -0.2) is 25.5 Å². The molecular formula is C19H18N5O2+. The number of benzene rings is 2. The smallest absolute Gasteiger partial charge is 0.181 e. The van der Waals surface area contributed by atoms with Gasteiger partial charge >= 0.3 is 0 Å². The maximum atomic E-state index is 9.58. The predicted octanol–water partition coefficient (Wildman–Crippen LogP) is 2.99. The fourth-order valence-electron chi connectivity index (χ4n) is 2.98. The highest BCUT2D eigenvalue weighted by Gasteiger charge is 2.19. The van der Waals surface area contributed by atoms with Crippen LogP contribution in [0.5, 0.6) is 0 Å². The van der Waals surface area contributed by atoms with Gasteiger partial charge in [0.15, 0.2) is 11.5 Å². The van der Waals surface area contributed by atoms with E-state index in [1.54, 1.807) is 0 Å². The summed E-state index contributed by atoms with van der Waals surface area (Å²) in [6, 6.07) is 15.5. The van der Waals surface area contributed by atoms with Crippen LogP contribution in [0.3, 0.4) is 0 Å². The minimum Gasteiger partial charge on any atom is -0.360 e. The summed E-state index contributed by atoms with van der Waals surface area (Å²) in [6.07, 6.45) is 0. The molecule has 0 aliphatic rings. The van der Waals surface area contributed by atoms with E-state index in [2.05, 4.69) is 20.3 Å². The van der Waals surface area contributed by atoms with Crippen molar-refractivity contribution in [1.29, 1.82) is 0 Å². The van der Waals surface area contributed by atoms with Crippen LogP contribution in [0.2, 0.25) is 0 Å². The Morgan fingerprint density at radius 1 is 1.00 bits per heavy atom. The lowest BCUT2D eigenvalue weighted by Crippen LogP contribution is -2.73. The van der Waals surface area contributed by atoms with Gasteiger partial charge in [-0.3, -0.25) is 5.10 Å². The van der Waals surface area contributed by atoms with Crippen molar-refractivity contribution in [1.82, 2.24) is 20.3 Å². The van der Waals surface area contributed by atoms with Gasteiger partial charge in [0.05, 0.1) is 5.56 Å². The topological polar surface area (TPSA) is 104 Å². The van der Waals surface area contributed by atoms with Crippen LogP contribution in [0.15, 0.2) is 53.1 Å². The van der Waals surface area contributed by atoms with E-state index in [0.717, 1.165) is 39.3 Å². The molecule has 7 heteroatoms. The summed E-state index contributed by atoms with van der Waals surface area (Å²) in [5.41, 5.74) is 6.00. The SMILES string of the molecule is Cc1nc(-c2cc([NH2+]O)cc(-c3c(-c4ccccc4)noc3C)c2)n[nH]1. The molecule has 0 radical (unpaired) electrons. The Morgan fingerprint density at radius 3 is 2.46 bits per heavy atom. The van der Waals surface area contributed by atoms with E-state index in [9.17, 15) is 5.21 Å². The first kappa shape index (κ1) is 16.2. The van der Waals surface area contributed by atoms with Crippen molar-refractivity contribution in [2.24, 2.45) is 0 Å². The van der Waals surface area contributed by atoms with Crippen molar-refractivity contribution >= 4 is 5.69 Å². The molecule has 2 aromatic carbocycles. The summed E-state index contributed by atoms with van der Waals surface area (Å²) in [7, 11) is 0. The van der Waals surface area contributed by atoms with Crippen molar-refractivity contribution in [2.45, 2.75) is 13.8 Å². The highest BCUT2D eigenvalue weighted by molar-refractivity contribution is 5.84. The first-order valence-electron chi connectivity index (χ1n) is 8.19. The molecular weight excluding hydrogens is 330 g/mol. The summed E-state index contributed by atoms with van der Waals surface area (Å²) in [5, 5.41) is 20.9. The molecule has 2 heterocycles. The van der Waals surface area contributed by atoms with Crippen molar-refractivity contribution in [3.8, 4) is 33.8 Å². The molecule has 0 saturated carbocycles. The van der Waals surface area contributed by atoms with Gasteiger partial charge in [-0.2, -0.15) is 10.6 Å². The monoisotopic (exact) mass is 348 g/mol. The second-order valence-electron chi connectivity index (χ2n) is 6.05. The van der Waals surface area contributed by atoms with Gasteiger partial charge in [-0.25, -0.2) is 10.2 Å². The van der Waals surface area contributed by atoms with E-state index >= 15 is 0 Å². The highest BCUT2D eigenvalue weighted by Crippen LogP contribution is 2.36. The Labute approximate surface area is 149 Å². The Balaban J connectivity index is 1.90. The van der Waals surface area contributed by atoms with Crippen LogP contribution in [0, 0.1) is 13.8 Å². The van der Waals surface area contributed by atoms with Gasteiger partial charge in [-0.05, 0) is 25.5 Å². The second kappa shape index (κ2) is 6.55. The third-order valence-electron chi connectivity index (χ3n) is 4.16. The van der Waals surface area contributed by atoms with E-state index < -0.39 is 0 Å². The number of H-pyrrole nitrogens is 1.